The molecule has 1 amide bonds. The lowest BCUT2D eigenvalue weighted by atomic mass is 10.2. The largest absolute Gasteiger partial charge is 0.351 e. The maximum atomic E-state index is 11.9. The maximum Gasteiger partial charge on any atom is 0.243 e. The Kier molecular flexibility index (Phi) is 7.71. The molecule has 0 bridgehead atoms. The fourth-order valence-corrected chi connectivity index (χ4v) is 3.75. The number of hydrogen-bond donors (Lipinski definition) is 1. The Hall–Kier alpha value is -1.60. The minimum atomic E-state index is 0.0231. The molecule has 1 unspecified atom stereocenters. The molecule has 140 valence electrons. The highest BCUT2D eigenvalue weighted by Crippen LogP contribution is 2.16. The Bertz CT molecular complexity index is 554. The van der Waals surface area contributed by atoms with Crippen molar-refractivity contribution in [3.63, 3.8) is 0 Å². The summed E-state index contributed by atoms with van der Waals surface area (Å²) in [6.45, 7) is 9.46. The van der Waals surface area contributed by atoms with Gasteiger partial charge in [-0.05, 0) is 31.0 Å². The van der Waals surface area contributed by atoms with E-state index in [2.05, 4.69) is 51.5 Å². The molecule has 0 saturated carbocycles. The molecule has 1 aromatic rings. The standard InChI is InChI=1S/C18H31N5OS/c1-5-22(6-2)15-9-10-23(14-15)18(20-13-17(24)21(3)4)19-12-16-8-7-11-25-16/h7-8,11,15H,5-6,9-10,12-14H2,1-4H3,(H,19,20). The SMILES string of the molecule is CCN(CC)C1CCN(C(=NCC(=O)N(C)C)NCc2cccs2)C1. The van der Waals surface area contributed by atoms with Crippen LogP contribution >= 0.6 is 11.3 Å². The number of nitrogens with one attached hydrogen (secondary N) is 1. The first-order chi connectivity index (χ1) is 12.0. The van der Waals surface area contributed by atoms with E-state index in [1.165, 1.54) is 4.88 Å². The Morgan fingerprint density at radius 2 is 2.16 bits per heavy atom. The predicted molar refractivity (Wildman–Crippen MR) is 105 cm³/mol. The van der Waals surface area contributed by atoms with Crippen molar-refractivity contribution >= 4 is 23.2 Å². The molecular weight excluding hydrogens is 334 g/mol. The van der Waals surface area contributed by atoms with Crippen molar-refractivity contribution in [1.82, 2.24) is 20.0 Å². The zero-order valence-electron chi connectivity index (χ0n) is 15.9. The second kappa shape index (κ2) is 9.77. The first-order valence-electron chi connectivity index (χ1n) is 9.05. The van der Waals surface area contributed by atoms with Gasteiger partial charge >= 0.3 is 0 Å². The lowest BCUT2D eigenvalue weighted by Crippen LogP contribution is -2.43. The molecule has 1 fully saturated rings. The van der Waals surface area contributed by atoms with Crippen LogP contribution in [0, 0.1) is 0 Å². The van der Waals surface area contributed by atoms with Crippen molar-refractivity contribution in [3.8, 4) is 0 Å². The lowest BCUT2D eigenvalue weighted by molar-refractivity contribution is -0.127. The molecule has 0 aliphatic carbocycles. The van der Waals surface area contributed by atoms with Crippen LogP contribution in [0.2, 0.25) is 0 Å². The molecule has 0 aromatic carbocycles. The summed E-state index contributed by atoms with van der Waals surface area (Å²) in [6.07, 6.45) is 1.14. The molecule has 1 aliphatic heterocycles. The van der Waals surface area contributed by atoms with Gasteiger partial charge in [0.2, 0.25) is 5.91 Å². The minimum Gasteiger partial charge on any atom is -0.351 e. The van der Waals surface area contributed by atoms with E-state index in [1.807, 2.05) is 0 Å². The number of guanidine groups is 1. The van der Waals surface area contributed by atoms with Crippen molar-refractivity contribution in [1.29, 1.82) is 0 Å². The van der Waals surface area contributed by atoms with Crippen molar-refractivity contribution in [2.45, 2.75) is 32.9 Å². The van der Waals surface area contributed by atoms with Crippen LogP contribution in [0.25, 0.3) is 0 Å². The monoisotopic (exact) mass is 365 g/mol. The van der Waals surface area contributed by atoms with Gasteiger partial charge in [-0.25, -0.2) is 4.99 Å². The maximum absolute atomic E-state index is 11.9. The van der Waals surface area contributed by atoms with Crippen LogP contribution in [0.15, 0.2) is 22.5 Å². The second-order valence-corrected chi connectivity index (χ2v) is 7.50. The molecule has 1 aromatic heterocycles. The fraction of sp³-hybridized carbons (Fsp3) is 0.667. The average molecular weight is 366 g/mol. The van der Waals surface area contributed by atoms with Crippen LogP contribution < -0.4 is 5.32 Å². The molecule has 6 nitrogen and oxygen atoms in total. The topological polar surface area (TPSA) is 51.2 Å². The first kappa shape index (κ1) is 19.7. The Morgan fingerprint density at radius 1 is 1.40 bits per heavy atom. The van der Waals surface area contributed by atoms with E-state index in [9.17, 15) is 4.79 Å². The molecular formula is C18H31N5OS. The summed E-state index contributed by atoms with van der Waals surface area (Å²) in [5.41, 5.74) is 0. The van der Waals surface area contributed by atoms with E-state index >= 15 is 0 Å². The summed E-state index contributed by atoms with van der Waals surface area (Å²) in [6, 6.07) is 4.73. The number of carbonyl (C=O) groups excluding carboxylic acids is 1. The highest BCUT2D eigenvalue weighted by atomic mass is 32.1. The third-order valence-electron chi connectivity index (χ3n) is 4.66. The van der Waals surface area contributed by atoms with E-state index in [4.69, 9.17) is 0 Å². The molecule has 2 rings (SSSR count). The molecule has 1 atom stereocenters. The van der Waals surface area contributed by atoms with E-state index in [0.717, 1.165) is 45.1 Å². The third-order valence-corrected chi connectivity index (χ3v) is 5.53. The van der Waals surface area contributed by atoms with Gasteiger partial charge in [0, 0.05) is 38.1 Å². The van der Waals surface area contributed by atoms with Crippen LogP contribution in [0.1, 0.15) is 25.1 Å². The van der Waals surface area contributed by atoms with E-state index in [-0.39, 0.29) is 12.5 Å². The smallest absolute Gasteiger partial charge is 0.243 e. The fourth-order valence-electron chi connectivity index (χ4n) is 3.10. The zero-order chi connectivity index (χ0) is 18.2. The second-order valence-electron chi connectivity index (χ2n) is 6.47. The number of thiophene rings is 1. The Balaban J connectivity index is 2.03. The number of nitrogens with zero attached hydrogens (tertiary/aromatic N) is 4. The summed E-state index contributed by atoms with van der Waals surface area (Å²) >= 11 is 1.73. The number of amides is 1. The number of likely N-dealkylation sites (tertiary alicyclic amines) is 1. The number of aliphatic imine (C=N–C) groups is 1. The summed E-state index contributed by atoms with van der Waals surface area (Å²) in [5, 5.41) is 5.53. The lowest BCUT2D eigenvalue weighted by Gasteiger charge is -2.27. The highest BCUT2D eigenvalue weighted by molar-refractivity contribution is 7.09. The van der Waals surface area contributed by atoms with E-state index < -0.39 is 0 Å². The molecule has 0 radical (unpaired) electrons. The number of hydrogen-bond acceptors (Lipinski definition) is 4. The van der Waals surface area contributed by atoms with Gasteiger partial charge in [0.05, 0.1) is 6.54 Å². The van der Waals surface area contributed by atoms with Crippen LogP contribution in [0.5, 0.6) is 0 Å². The Labute approximate surface area is 155 Å². The van der Waals surface area contributed by atoms with Gasteiger partial charge in [0.15, 0.2) is 5.96 Å². The predicted octanol–water partition coefficient (Wildman–Crippen LogP) is 1.70. The number of rotatable bonds is 7. The molecule has 7 heteroatoms. The zero-order valence-corrected chi connectivity index (χ0v) is 16.7. The van der Waals surface area contributed by atoms with Gasteiger partial charge in [-0.1, -0.05) is 19.9 Å². The molecule has 2 heterocycles. The number of likely N-dealkylation sites (N-methyl/N-ethyl adjacent to an activating group) is 2. The van der Waals surface area contributed by atoms with Crippen LogP contribution in [0.4, 0.5) is 0 Å². The van der Waals surface area contributed by atoms with Gasteiger partial charge in [-0.2, -0.15) is 0 Å². The van der Waals surface area contributed by atoms with Crippen molar-refractivity contribution in [2.24, 2.45) is 4.99 Å². The number of carbonyl (C=O) groups is 1. The van der Waals surface area contributed by atoms with Crippen molar-refractivity contribution in [3.05, 3.63) is 22.4 Å². The van der Waals surface area contributed by atoms with Crippen LogP contribution in [-0.4, -0.2) is 79.4 Å². The first-order valence-corrected chi connectivity index (χ1v) is 9.92. The average Bonchev–Trinajstić information content (AvgIpc) is 3.28. The van der Waals surface area contributed by atoms with Gasteiger partial charge < -0.3 is 15.1 Å². The van der Waals surface area contributed by atoms with Gasteiger partial charge in [-0.3, -0.25) is 9.69 Å². The van der Waals surface area contributed by atoms with E-state index in [1.54, 1.807) is 30.3 Å². The van der Waals surface area contributed by atoms with Crippen LogP contribution in [0.3, 0.4) is 0 Å². The summed E-state index contributed by atoms with van der Waals surface area (Å²) in [4.78, 5) is 24.2. The molecule has 25 heavy (non-hydrogen) atoms. The highest BCUT2D eigenvalue weighted by Gasteiger charge is 2.28. The summed E-state index contributed by atoms with van der Waals surface area (Å²) in [7, 11) is 3.53. The summed E-state index contributed by atoms with van der Waals surface area (Å²) < 4.78 is 0. The summed E-state index contributed by atoms with van der Waals surface area (Å²) in [5.74, 6) is 0.869. The van der Waals surface area contributed by atoms with E-state index in [0.29, 0.717) is 6.04 Å². The third kappa shape index (κ3) is 5.71. The van der Waals surface area contributed by atoms with Gasteiger partial charge in [0.1, 0.15) is 6.54 Å². The van der Waals surface area contributed by atoms with Crippen molar-refractivity contribution < 1.29 is 4.79 Å². The molecule has 0 spiro atoms. The quantitative estimate of drug-likeness (QED) is 0.590. The van der Waals surface area contributed by atoms with Crippen LogP contribution in [-0.2, 0) is 11.3 Å². The van der Waals surface area contributed by atoms with Gasteiger partial charge in [0.25, 0.3) is 0 Å². The molecule has 1 N–H and O–H groups in total. The normalized spacial score (nSPS) is 18.0. The molecule has 1 aliphatic rings. The Morgan fingerprint density at radius 3 is 2.76 bits per heavy atom. The van der Waals surface area contributed by atoms with Gasteiger partial charge in [-0.15, -0.1) is 11.3 Å². The minimum absolute atomic E-state index is 0.0231. The molecule has 1 saturated heterocycles. The van der Waals surface area contributed by atoms with Crippen molar-refractivity contribution in [2.75, 3.05) is 46.8 Å².